The molecule has 4 aromatic carbocycles. The van der Waals surface area contributed by atoms with Crippen molar-refractivity contribution in [1.82, 2.24) is 15.0 Å². The summed E-state index contributed by atoms with van der Waals surface area (Å²) in [5.41, 5.74) is -1.37. The molecular formula is C42H34F6N6O4. The molecule has 0 spiro atoms. The van der Waals surface area contributed by atoms with Crippen LogP contribution in [0.1, 0.15) is 52.2 Å². The number of alkyl halides is 6. The van der Waals surface area contributed by atoms with Crippen LogP contribution in [0.2, 0.25) is 0 Å². The van der Waals surface area contributed by atoms with Crippen LogP contribution in [-0.4, -0.2) is 39.9 Å². The molecule has 2 amide bonds. The minimum absolute atomic E-state index is 0.0302. The lowest BCUT2D eigenvalue weighted by Gasteiger charge is -2.23. The predicted molar refractivity (Wildman–Crippen MR) is 210 cm³/mol. The molecule has 10 nitrogen and oxygen atoms in total. The molecule has 1 aliphatic heterocycles. The van der Waals surface area contributed by atoms with E-state index in [1.54, 1.807) is 54.6 Å². The van der Waals surface area contributed by atoms with Crippen LogP contribution in [0, 0.1) is 5.41 Å². The fourth-order valence-corrected chi connectivity index (χ4v) is 6.82. The van der Waals surface area contributed by atoms with Gasteiger partial charge in [0, 0.05) is 69.6 Å². The lowest BCUT2D eigenvalue weighted by atomic mass is 9.93. The number of benzene rings is 4. The molecule has 1 saturated heterocycles. The summed E-state index contributed by atoms with van der Waals surface area (Å²) in [6.07, 6.45) is -5.73. The lowest BCUT2D eigenvalue weighted by Crippen LogP contribution is -2.25. The third-order valence-corrected chi connectivity index (χ3v) is 9.85. The smallest absolute Gasteiger partial charge is 0.371 e. The van der Waals surface area contributed by atoms with E-state index in [0.29, 0.717) is 40.6 Å². The summed E-state index contributed by atoms with van der Waals surface area (Å²) in [6.45, 7) is 5.48. The van der Waals surface area contributed by atoms with E-state index in [1.165, 1.54) is 36.7 Å². The van der Waals surface area contributed by atoms with Gasteiger partial charge in [0.05, 0.1) is 11.3 Å². The minimum Gasteiger partial charge on any atom is -0.371 e. The second-order valence-electron chi connectivity index (χ2n) is 14.6. The van der Waals surface area contributed by atoms with Crippen LogP contribution in [0.3, 0.4) is 0 Å². The van der Waals surface area contributed by atoms with Gasteiger partial charge in [-0.3, -0.25) is 19.2 Å². The summed E-state index contributed by atoms with van der Waals surface area (Å²) >= 11 is 0. The topological polar surface area (TPSA) is 143 Å². The Hall–Kier alpha value is -6.84. The molecule has 5 N–H and O–H groups in total. The molecular weight excluding hydrogens is 766 g/mol. The zero-order valence-electron chi connectivity index (χ0n) is 30.8. The van der Waals surface area contributed by atoms with Gasteiger partial charge in [0.1, 0.15) is 16.8 Å². The van der Waals surface area contributed by atoms with Crippen molar-refractivity contribution in [3.8, 4) is 0 Å². The fraction of sp³-hybridized carbons (Fsp3) is 0.190. The zero-order chi connectivity index (χ0) is 41.6. The molecule has 0 unspecified atom stereocenters. The molecule has 58 heavy (non-hydrogen) atoms. The molecule has 0 aliphatic carbocycles. The van der Waals surface area contributed by atoms with E-state index in [4.69, 9.17) is 0 Å². The third-order valence-electron chi connectivity index (χ3n) is 9.85. The molecule has 8 rings (SSSR count). The number of hydrogen-bond acceptors (Lipinski definition) is 5. The number of hydrogen-bond donors (Lipinski definition) is 5. The van der Waals surface area contributed by atoms with E-state index in [0.717, 1.165) is 18.6 Å². The number of para-hydroxylation sites is 2. The maximum atomic E-state index is 13.8. The first-order valence-corrected chi connectivity index (χ1v) is 17.9. The fourth-order valence-electron chi connectivity index (χ4n) is 6.82. The van der Waals surface area contributed by atoms with Crippen LogP contribution in [0.4, 0.5) is 43.4 Å². The van der Waals surface area contributed by atoms with Crippen molar-refractivity contribution in [2.75, 3.05) is 28.6 Å². The van der Waals surface area contributed by atoms with Crippen LogP contribution in [-0.2, 0) is 12.4 Å². The number of rotatable bonds is 5. The number of aromatic nitrogens is 3. The van der Waals surface area contributed by atoms with E-state index in [1.807, 2.05) is 4.90 Å². The highest BCUT2D eigenvalue weighted by atomic mass is 19.4. The Morgan fingerprint density at radius 1 is 0.690 bits per heavy atom. The molecule has 1 aliphatic rings. The Morgan fingerprint density at radius 3 is 1.83 bits per heavy atom. The number of aromatic amines is 3. The highest BCUT2D eigenvalue weighted by Crippen LogP contribution is 2.40. The third kappa shape index (κ3) is 8.17. The monoisotopic (exact) mass is 800 g/mol. The van der Waals surface area contributed by atoms with Gasteiger partial charge in [-0.1, -0.05) is 44.2 Å². The zero-order valence-corrected chi connectivity index (χ0v) is 30.8. The van der Waals surface area contributed by atoms with Gasteiger partial charge < -0.3 is 30.5 Å². The van der Waals surface area contributed by atoms with Gasteiger partial charge in [0.25, 0.3) is 11.8 Å². The van der Waals surface area contributed by atoms with Gasteiger partial charge in [0.15, 0.2) is 0 Å². The van der Waals surface area contributed by atoms with Crippen molar-refractivity contribution < 1.29 is 35.9 Å². The van der Waals surface area contributed by atoms with E-state index >= 15 is 0 Å². The summed E-state index contributed by atoms with van der Waals surface area (Å²) in [6, 6.07) is 22.6. The maximum Gasteiger partial charge on any atom is 0.431 e. The summed E-state index contributed by atoms with van der Waals surface area (Å²) in [5.74, 6) is -1.54. The quantitative estimate of drug-likeness (QED) is 0.110. The summed E-state index contributed by atoms with van der Waals surface area (Å²) in [7, 11) is 0. The average molecular weight is 801 g/mol. The average Bonchev–Trinajstić information content (AvgIpc) is 3.78. The number of amides is 2. The number of fused-ring (bicyclic) bond motifs is 3. The Morgan fingerprint density at radius 2 is 1.28 bits per heavy atom. The first kappa shape index (κ1) is 39.4. The lowest BCUT2D eigenvalue weighted by molar-refractivity contribution is -0.140. The van der Waals surface area contributed by atoms with Crippen LogP contribution in [0.25, 0.3) is 32.7 Å². The van der Waals surface area contributed by atoms with E-state index in [9.17, 15) is 45.5 Å². The first-order valence-electron chi connectivity index (χ1n) is 17.9. The highest BCUT2D eigenvalue weighted by molar-refractivity contribution is 6.07. The number of carbonyl (C=O) groups excluding carboxylic acids is 2. The van der Waals surface area contributed by atoms with Crippen molar-refractivity contribution in [3.05, 3.63) is 146 Å². The van der Waals surface area contributed by atoms with E-state index in [-0.39, 0.29) is 38.8 Å². The maximum absolute atomic E-state index is 13.8. The van der Waals surface area contributed by atoms with Gasteiger partial charge in [-0.2, -0.15) is 26.3 Å². The normalized spacial score (nSPS) is 14.0. The van der Waals surface area contributed by atoms with Crippen LogP contribution in [0.15, 0.2) is 113 Å². The molecule has 0 radical (unpaired) electrons. The largest absolute Gasteiger partial charge is 0.431 e. The molecule has 4 heterocycles. The van der Waals surface area contributed by atoms with Gasteiger partial charge in [-0.25, -0.2) is 0 Å². The SMILES string of the molecule is CC1(C)CCN(c2ccc(NC(=O)c3c[nH]c4ccccc4c3=O)c(C(F)(F)F)c2)C1.O=C(Nc1ccc2cc(C(F)(F)F)[nH]c2c1)c1c[nH]c2ccccc2c1=O. The Balaban J connectivity index is 0.000000178. The summed E-state index contributed by atoms with van der Waals surface area (Å²) in [4.78, 5) is 60.1. The number of pyridine rings is 2. The molecule has 3 aromatic heterocycles. The number of nitrogens with zero attached hydrogens (tertiary/aromatic N) is 1. The molecule has 0 bridgehead atoms. The molecule has 1 fully saturated rings. The number of carbonyl (C=O) groups is 2. The van der Waals surface area contributed by atoms with Crippen molar-refractivity contribution in [2.24, 2.45) is 5.41 Å². The second kappa shape index (κ2) is 14.9. The Labute approximate surface area is 324 Å². The van der Waals surface area contributed by atoms with Gasteiger partial charge in [0.2, 0.25) is 10.9 Å². The van der Waals surface area contributed by atoms with E-state index in [2.05, 4.69) is 39.4 Å². The predicted octanol–water partition coefficient (Wildman–Crippen LogP) is 9.32. The van der Waals surface area contributed by atoms with Crippen molar-refractivity contribution >= 4 is 61.6 Å². The minimum atomic E-state index is -4.66. The van der Waals surface area contributed by atoms with Crippen LogP contribution < -0.4 is 26.4 Å². The van der Waals surface area contributed by atoms with Crippen molar-refractivity contribution in [2.45, 2.75) is 32.6 Å². The van der Waals surface area contributed by atoms with Crippen LogP contribution in [0.5, 0.6) is 0 Å². The highest BCUT2D eigenvalue weighted by Gasteiger charge is 2.37. The van der Waals surface area contributed by atoms with Crippen molar-refractivity contribution in [1.29, 1.82) is 0 Å². The first-order chi connectivity index (χ1) is 27.4. The second-order valence-corrected chi connectivity index (χ2v) is 14.6. The summed E-state index contributed by atoms with van der Waals surface area (Å²) < 4.78 is 79.7. The number of H-pyrrole nitrogens is 3. The van der Waals surface area contributed by atoms with E-state index < -0.39 is 46.3 Å². The molecule has 298 valence electrons. The molecule has 0 saturated carbocycles. The molecule has 16 heteroatoms. The Bertz CT molecular complexity index is 2840. The van der Waals surface area contributed by atoms with Crippen LogP contribution >= 0.6 is 0 Å². The van der Waals surface area contributed by atoms with Gasteiger partial charge >= 0.3 is 12.4 Å². The number of anilines is 3. The summed E-state index contributed by atoms with van der Waals surface area (Å²) in [5, 5.41) is 5.85. The van der Waals surface area contributed by atoms with Gasteiger partial charge in [-0.15, -0.1) is 0 Å². The molecule has 7 aromatic rings. The standard InChI is InChI=1S/C23H22F3N3O2.C19H12F3N3O2/c1-22(2)9-10-29(13-22)14-7-8-19(17(11-14)23(24,25)26)28-21(31)16-12-27-18-6-4-3-5-15(18)20(16)30;20-19(21,22)16-7-10-5-6-11(8-15(10)25-16)24-18(27)13-9-23-14-4-2-1-3-12(14)17(13)26/h3-8,11-12H,9-10,13H2,1-2H3,(H,27,30)(H,28,31);1-9,25H,(H,23,26)(H,24,27). The molecule has 0 atom stereocenters. The van der Waals surface area contributed by atoms with Crippen molar-refractivity contribution in [3.63, 3.8) is 0 Å². The number of halogens is 6. The Kier molecular flexibility index (Phi) is 10.1. The van der Waals surface area contributed by atoms with Gasteiger partial charge in [-0.05, 0) is 72.5 Å². The number of nitrogens with one attached hydrogen (secondary N) is 5.